The Kier molecular flexibility index (Phi) is 7.03. The molecule has 1 saturated heterocycles. The zero-order valence-corrected chi connectivity index (χ0v) is 16.5. The number of amides is 2. The third kappa shape index (κ3) is 5.33. The zero-order valence-electron chi connectivity index (χ0n) is 15.6. The van der Waals surface area contributed by atoms with E-state index in [1.165, 1.54) is 13.2 Å². The van der Waals surface area contributed by atoms with Gasteiger partial charge in [-0.1, -0.05) is 6.42 Å². The first-order valence-corrected chi connectivity index (χ1v) is 10.5. The molecule has 1 heterocycles. The van der Waals surface area contributed by atoms with Gasteiger partial charge >= 0.3 is 0 Å². The lowest BCUT2D eigenvalue weighted by molar-refractivity contribution is -0.126. The number of sulfonamides is 1. The molecule has 1 aliphatic heterocycles. The lowest BCUT2D eigenvalue weighted by Gasteiger charge is -2.32. The molecule has 2 N–H and O–H groups in total. The van der Waals surface area contributed by atoms with Crippen LogP contribution in [0.15, 0.2) is 18.2 Å². The molecule has 0 saturated carbocycles. The second-order valence-corrected chi connectivity index (χ2v) is 8.06. The van der Waals surface area contributed by atoms with Crippen molar-refractivity contribution in [1.82, 2.24) is 15.2 Å². The number of hydrogen-bond donors (Lipinski definition) is 2. The summed E-state index contributed by atoms with van der Waals surface area (Å²) in [6.07, 6.45) is 2.93. The van der Waals surface area contributed by atoms with Crippen LogP contribution in [0.25, 0.3) is 0 Å². The summed E-state index contributed by atoms with van der Waals surface area (Å²) in [7, 11) is -2.04. The number of benzene rings is 1. The highest BCUT2D eigenvalue weighted by atomic mass is 32.2. The van der Waals surface area contributed by atoms with Crippen LogP contribution >= 0.6 is 0 Å². The normalized spacial score (nSPS) is 17.8. The van der Waals surface area contributed by atoms with Crippen LogP contribution in [0.1, 0.15) is 36.5 Å². The number of nitrogens with zero attached hydrogens (tertiary/aromatic N) is 1. The van der Waals surface area contributed by atoms with E-state index >= 15 is 0 Å². The smallest absolute Gasteiger partial charge is 0.269 e. The number of nitrogens with one attached hydrogen (secondary N) is 2. The highest BCUT2D eigenvalue weighted by Crippen LogP contribution is 2.28. The summed E-state index contributed by atoms with van der Waals surface area (Å²) in [5.41, 5.74) is 4.89. The maximum absolute atomic E-state index is 12.4. The fourth-order valence-electron chi connectivity index (χ4n) is 2.92. The van der Waals surface area contributed by atoms with Gasteiger partial charge in [-0.25, -0.2) is 8.42 Å². The van der Waals surface area contributed by atoms with E-state index in [2.05, 4.69) is 10.9 Å². The highest BCUT2D eigenvalue weighted by Gasteiger charge is 2.34. The fourth-order valence-corrected chi connectivity index (χ4v) is 4.05. The second-order valence-electron chi connectivity index (χ2n) is 6.13. The van der Waals surface area contributed by atoms with Gasteiger partial charge < -0.3 is 9.47 Å². The van der Waals surface area contributed by atoms with Crippen molar-refractivity contribution in [2.75, 3.05) is 26.5 Å². The van der Waals surface area contributed by atoms with Gasteiger partial charge in [0.05, 0.1) is 20.0 Å². The number of carbonyl (C=O) groups excluding carboxylic acids is 2. The number of carbonyl (C=O) groups is 2. The minimum absolute atomic E-state index is 0.263. The van der Waals surface area contributed by atoms with Gasteiger partial charge in [0, 0.05) is 12.1 Å². The summed E-state index contributed by atoms with van der Waals surface area (Å²) in [4.78, 5) is 24.7. The van der Waals surface area contributed by atoms with Crippen molar-refractivity contribution in [3.8, 4) is 11.5 Å². The van der Waals surface area contributed by atoms with Crippen LogP contribution in [-0.4, -0.2) is 57.1 Å². The minimum atomic E-state index is -3.50. The predicted molar refractivity (Wildman–Crippen MR) is 99.0 cm³/mol. The Morgan fingerprint density at radius 2 is 1.96 bits per heavy atom. The van der Waals surface area contributed by atoms with E-state index in [-0.39, 0.29) is 5.56 Å². The summed E-state index contributed by atoms with van der Waals surface area (Å²) in [6.45, 7) is 2.58. The maximum atomic E-state index is 12.4. The lowest BCUT2D eigenvalue weighted by atomic mass is 10.0. The number of hydrogen-bond acceptors (Lipinski definition) is 6. The van der Waals surface area contributed by atoms with Gasteiger partial charge in [-0.15, -0.1) is 0 Å². The number of hydrazine groups is 1. The molecule has 1 fully saturated rings. The second kappa shape index (κ2) is 9.05. The van der Waals surface area contributed by atoms with Crippen molar-refractivity contribution >= 4 is 21.8 Å². The highest BCUT2D eigenvalue weighted by molar-refractivity contribution is 7.88. The summed E-state index contributed by atoms with van der Waals surface area (Å²) in [5.74, 6) is -0.212. The summed E-state index contributed by atoms with van der Waals surface area (Å²) >= 11 is 0. The van der Waals surface area contributed by atoms with Crippen LogP contribution in [0.5, 0.6) is 11.5 Å². The Bertz CT molecular complexity index is 796. The lowest BCUT2D eigenvalue weighted by Crippen LogP contribution is -2.55. The minimum Gasteiger partial charge on any atom is -0.493 e. The van der Waals surface area contributed by atoms with Crippen LogP contribution in [0.4, 0.5) is 0 Å². The van der Waals surface area contributed by atoms with Gasteiger partial charge in [0.15, 0.2) is 11.5 Å². The van der Waals surface area contributed by atoms with Crippen LogP contribution in [0, 0.1) is 0 Å². The molecule has 1 unspecified atom stereocenters. The Labute approximate surface area is 159 Å². The topological polar surface area (TPSA) is 114 Å². The molecule has 2 rings (SSSR count). The number of ether oxygens (including phenoxy) is 2. The summed E-state index contributed by atoms with van der Waals surface area (Å²) < 4.78 is 35.5. The van der Waals surface area contributed by atoms with Crippen molar-refractivity contribution in [3.05, 3.63) is 23.8 Å². The first kappa shape index (κ1) is 21.0. The van der Waals surface area contributed by atoms with Crippen LogP contribution < -0.4 is 20.3 Å². The third-order valence-corrected chi connectivity index (χ3v) is 5.50. The maximum Gasteiger partial charge on any atom is 0.269 e. The average molecular weight is 399 g/mol. The molecule has 0 spiro atoms. The molecule has 1 aliphatic rings. The molecule has 10 heteroatoms. The average Bonchev–Trinajstić information content (AvgIpc) is 2.65. The first-order chi connectivity index (χ1) is 12.8. The van der Waals surface area contributed by atoms with Gasteiger partial charge in [0.2, 0.25) is 10.0 Å². The molecule has 1 aromatic carbocycles. The Morgan fingerprint density at radius 3 is 2.59 bits per heavy atom. The standard InChI is InChI=1S/C17H25N3O6S/c1-4-26-14-9-8-12(11-15(14)25-2)16(21)18-19-17(22)13-7-5-6-10-20(13)27(3,23)24/h8-9,11,13H,4-7,10H2,1-3H3,(H,18,21)(H,19,22). The van der Waals surface area contributed by atoms with Crippen molar-refractivity contribution < 1.29 is 27.5 Å². The molecule has 150 valence electrons. The van der Waals surface area contributed by atoms with E-state index in [9.17, 15) is 18.0 Å². The third-order valence-electron chi connectivity index (χ3n) is 4.21. The molecule has 0 aliphatic carbocycles. The van der Waals surface area contributed by atoms with Gasteiger partial charge in [0.1, 0.15) is 6.04 Å². The molecule has 9 nitrogen and oxygen atoms in total. The van der Waals surface area contributed by atoms with E-state index in [1.54, 1.807) is 12.1 Å². The molecule has 0 aromatic heterocycles. The fraction of sp³-hybridized carbons (Fsp3) is 0.529. The van der Waals surface area contributed by atoms with Gasteiger partial charge in [-0.2, -0.15) is 4.31 Å². The first-order valence-electron chi connectivity index (χ1n) is 8.65. The Hall–Kier alpha value is -2.33. The molecular weight excluding hydrogens is 374 g/mol. The van der Waals surface area contributed by atoms with E-state index in [4.69, 9.17) is 9.47 Å². The van der Waals surface area contributed by atoms with E-state index in [0.717, 1.165) is 17.0 Å². The van der Waals surface area contributed by atoms with Gasteiger partial charge in [-0.3, -0.25) is 20.4 Å². The predicted octanol–water partition coefficient (Wildman–Crippen LogP) is 0.669. The zero-order chi connectivity index (χ0) is 20.0. The summed E-state index contributed by atoms with van der Waals surface area (Å²) in [6, 6.07) is 3.81. The van der Waals surface area contributed by atoms with E-state index in [0.29, 0.717) is 37.5 Å². The van der Waals surface area contributed by atoms with Crippen molar-refractivity contribution in [2.45, 2.75) is 32.2 Å². The molecule has 27 heavy (non-hydrogen) atoms. The Morgan fingerprint density at radius 1 is 1.22 bits per heavy atom. The van der Waals surface area contributed by atoms with E-state index in [1.807, 2.05) is 6.92 Å². The van der Waals surface area contributed by atoms with Crippen molar-refractivity contribution in [1.29, 1.82) is 0 Å². The molecule has 0 radical (unpaired) electrons. The van der Waals surface area contributed by atoms with Crippen molar-refractivity contribution in [2.24, 2.45) is 0 Å². The van der Waals surface area contributed by atoms with Crippen molar-refractivity contribution in [3.63, 3.8) is 0 Å². The molecular formula is C17H25N3O6S. The van der Waals surface area contributed by atoms with Crippen LogP contribution in [-0.2, 0) is 14.8 Å². The summed E-state index contributed by atoms with van der Waals surface area (Å²) in [5, 5.41) is 0. The largest absolute Gasteiger partial charge is 0.493 e. The molecule has 1 atom stereocenters. The number of rotatable bonds is 6. The molecule has 2 amide bonds. The van der Waals surface area contributed by atoms with E-state index < -0.39 is 27.9 Å². The van der Waals surface area contributed by atoms with Crippen LogP contribution in [0.3, 0.4) is 0 Å². The molecule has 0 bridgehead atoms. The number of methoxy groups -OCH3 is 1. The SMILES string of the molecule is CCOc1ccc(C(=O)NNC(=O)C2CCCCN2S(C)(=O)=O)cc1OC. The Balaban J connectivity index is 2.03. The quantitative estimate of drug-likeness (QED) is 0.680. The molecule has 1 aromatic rings. The van der Waals surface area contributed by atoms with Gasteiger partial charge in [0.25, 0.3) is 11.8 Å². The van der Waals surface area contributed by atoms with Crippen LogP contribution in [0.2, 0.25) is 0 Å². The monoisotopic (exact) mass is 399 g/mol. The number of piperidine rings is 1. The van der Waals surface area contributed by atoms with Gasteiger partial charge in [-0.05, 0) is 38.0 Å².